The fourth-order valence-corrected chi connectivity index (χ4v) is 1.52. The molecule has 0 aromatic rings. The van der Waals surface area contributed by atoms with E-state index in [1.807, 2.05) is 0 Å². The average molecular weight is 221 g/mol. The van der Waals surface area contributed by atoms with Crippen LogP contribution in [0.3, 0.4) is 0 Å². The third-order valence-electron chi connectivity index (χ3n) is 2.70. The van der Waals surface area contributed by atoms with Crippen molar-refractivity contribution in [1.29, 1.82) is 0 Å². The van der Waals surface area contributed by atoms with Crippen LogP contribution in [0.2, 0.25) is 0 Å². The lowest BCUT2D eigenvalue weighted by atomic mass is 9.81. The molecule has 0 amide bonds. The number of carbonyl (C=O) groups excluding carboxylic acids is 1. The van der Waals surface area contributed by atoms with Crippen LogP contribution >= 0.6 is 0 Å². The SMILES string of the molecule is CC(=O)[C@]1(N)C(O)O[C@H](CO)[C@H](O)[C@@H]1O. The fraction of sp³-hybridized carbons (Fsp3) is 0.875. The van der Waals surface area contributed by atoms with Crippen molar-refractivity contribution in [2.45, 2.75) is 37.1 Å². The van der Waals surface area contributed by atoms with E-state index in [9.17, 15) is 20.1 Å². The Morgan fingerprint density at radius 3 is 2.40 bits per heavy atom. The van der Waals surface area contributed by atoms with Crippen LogP contribution in [0, 0.1) is 0 Å². The van der Waals surface area contributed by atoms with Crippen LogP contribution in [0.5, 0.6) is 0 Å². The van der Waals surface area contributed by atoms with Crippen molar-refractivity contribution in [1.82, 2.24) is 0 Å². The number of ketones is 1. The Labute approximate surface area is 86.1 Å². The summed E-state index contributed by atoms with van der Waals surface area (Å²) in [6.45, 7) is 0.477. The first kappa shape index (κ1) is 12.5. The van der Waals surface area contributed by atoms with Gasteiger partial charge in [-0.2, -0.15) is 0 Å². The van der Waals surface area contributed by atoms with Gasteiger partial charge in [-0.15, -0.1) is 0 Å². The van der Waals surface area contributed by atoms with E-state index in [2.05, 4.69) is 0 Å². The molecule has 15 heavy (non-hydrogen) atoms. The van der Waals surface area contributed by atoms with Crippen LogP contribution in [0.25, 0.3) is 0 Å². The van der Waals surface area contributed by atoms with Crippen LogP contribution in [0.15, 0.2) is 0 Å². The average Bonchev–Trinajstić information content (AvgIpc) is 2.20. The molecule has 0 bridgehead atoms. The van der Waals surface area contributed by atoms with Gasteiger partial charge < -0.3 is 30.9 Å². The molecule has 1 unspecified atom stereocenters. The van der Waals surface area contributed by atoms with Crippen molar-refractivity contribution >= 4 is 5.78 Å². The summed E-state index contributed by atoms with van der Waals surface area (Å²) in [5.74, 6) is -0.710. The van der Waals surface area contributed by atoms with E-state index in [4.69, 9.17) is 15.6 Å². The molecule has 0 aliphatic carbocycles. The first-order valence-corrected chi connectivity index (χ1v) is 4.46. The van der Waals surface area contributed by atoms with Crippen LogP contribution in [-0.4, -0.2) is 63.0 Å². The molecule has 1 aliphatic heterocycles. The quantitative estimate of drug-likeness (QED) is 0.330. The lowest BCUT2D eigenvalue weighted by Crippen LogP contribution is -2.73. The van der Waals surface area contributed by atoms with Gasteiger partial charge in [-0.25, -0.2) is 0 Å². The van der Waals surface area contributed by atoms with Crippen molar-refractivity contribution in [3.8, 4) is 0 Å². The summed E-state index contributed by atoms with van der Waals surface area (Å²) in [5, 5.41) is 37.3. The third kappa shape index (κ3) is 1.78. The Bertz CT molecular complexity index is 260. The molecule has 7 nitrogen and oxygen atoms in total. The maximum absolute atomic E-state index is 11.2. The minimum Gasteiger partial charge on any atom is -0.394 e. The lowest BCUT2D eigenvalue weighted by Gasteiger charge is -2.45. The zero-order chi connectivity index (χ0) is 11.8. The van der Waals surface area contributed by atoms with Crippen LogP contribution in [-0.2, 0) is 9.53 Å². The third-order valence-corrected chi connectivity index (χ3v) is 2.70. The smallest absolute Gasteiger partial charge is 0.183 e. The molecule has 1 heterocycles. The summed E-state index contributed by atoms with van der Waals surface area (Å²) >= 11 is 0. The molecule has 1 fully saturated rings. The van der Waals surface area contributed by atoms with Gasteiger partial charge in [0.05, 0.1) is 6.61 Å². The maximum atomic E-state index is 11.2. The number of rotatable bonds is 2. The minimum absolute atomic E-state index is 0.594. The molecule has 1 rings (SSSR count). The van der Waals surface area contributed by atoms with Crippen LogP contribution < -0.4 is 5.73 Å². The highest BCUT2D eigenvalue weighted by molar-refractivity contribution is 5.87. The molecule has 0 aromatic carbocycles. The molecule has 0 aromatic heterocycles. The van der Waals surface area contributed by atoms with E-state index >= 15 is 0 Å². The lowest BCUT2D eigenvalue weighted by molar-refractivity contribution is -0.270. The largest absolute Gasteiger partial charge is 0.394 e. The van der Waals surface area contributed by atoms with E-state index in [1.54, 1.807) is 0 Å². The van der Waals surface area contributed by atoms with Crippen molar-refractivity contribution in [3.63, 3.8) is 0 Å². The normalized spacial score (nSPS) is 46.5. The van der Waals surface area contributed by atoms with Crippen molar-refractivity contribution in [2.24, 2.45) is 5.73 Å². The monoisotopic (exact) mass is 221 g/mol. The van der Waals surface area contributed by atoms with E-state index in [1.165, 1.54) is 0 Å². The standard InChI is InChI=1S/C8H15NO6/c1-3(11)8(9)6(13)5(12)4(2-10)15-7(8)14/h4-7,10,12-14H,2,9H2,1H3/t4-,5+,6+,7?,8-/m1/s1. The molecule has 5 atom stereocenters. The second kappa shape index (κ2) is 4.12. The zero-order valence-electron chi connectivity index (χ0n) is 8.20. The Morgan fingerprint density at radius 1 is 1.47 bits per heavy atom. The molecule has 0 saturated carbocycles. The molecule has 0 spiro atoms. The number of Topliss-reactive ketones (excluding diaryl/α,β-unsaturated/α-hetero) is 1. The molecule has 6 N–H and O–H groups in total. The highest BCUT2D eigenvalue weighted by Gasteiger charge is 2.55. The molecule has 1 aliphatic rings. The van der Waals surface area contributed by atoms with Gasteiger partial charge in [0.15, 0.2) is 17.6 Å². The summed E-state index contributed by atoms with van der Waals surface area (Å²) in [5.41, 5.74) is 3.42. The Balaban J connectivity index is 2.98. The number of hydrogen-bond donors (Lipinski definition) is 5. The molecular weight excluding hydrogens is 206 g/mol. The van der Waals surface area contributed by atoms with Crippen LogP contribution in [0.1, 0.15) is 6.92 Å². The molecule has 88 valence electrons. The van der Waals surface area contributed by atoms with Gasteiger partial charge >= 0.3 is 0 Å². The predicted octanol–water partition coefficient (Wildman–Crippen LogP) is -3.30. The van der Waals surface area contributed by atoms with Gasteiger partial charge in [-0.05, 0) is 6.92 Å². The van der Waals surface area contributed by atoms with Crippen molar-refractivity contribution in [3.05, 3.63) is 0 Å². The summed E-state index contributed by atoms with van der Waals surface area (Å²) < 4.78 is 4.74. The molecular formula is C8H15NO6. The second-order valence-electron chi connectivity index (χ2n) is 3.63. The van der Waals surface area contributed by atoms with Crippen molar-refractivity contribution < 1.29 is 30.0 Å². The number of aliphatic hydroxyl groups is 4. The van der Waals surface area contributed by atoms with Gasteiger partial charge in [0.25, 0.3) is 0 Å². The van der Waals surface area contributed by atoms with Gasteiger partial charge in [0, 0.05) is 0 Å². The number of carbonyl (C=O) groups is 1. The minimum atomic E-state index is -2.06. The molecule has 0 radical (unpaired) electrons. The van der Waals surface area contributed by atoms with Crippen molar-refractivity contribution in [2.75, 3.05) is 6.61 Å². The van der Waals surface area contributed by atoms with E-state index in [-0.39, 0.29) is 0 Å². The van der Waals surface area contributed by atoms with Gasteiger partial charge in [0.2, 0.25) is 0 Å². The molecule has 1 saturated heterocycles. The number of ether oxygens (including phenoxy) is 1. The Kier molecular flexibility index (Phi) is 3.44. The van der Waals surface area contributed by atoms with E-state index in [0.717, 1.165) is 6.92 Å². The summed E-state index contributed by atoms with van der Waals surface area (Å²) in [6, 6.07) is 0. The number of hydrogen-bond acceptors (Lipinski definition) is 7. The highest BCUT2D eigenvalue weighted by Crippen LogP contribution is 2.27. The fourth-order valence-electron chi connectivity index (χ4n) is 1.52. The van der Waals surface area contributed by atoms with E-state index < -0.39 is 42.5 Å². The maximum Gasteiger partial charge on any atom is 0.183 e. The van der Waals surface area contributed by atoms with Gasteiger partial charge in [0.1, 0.15) is 18.3 Å². The Hall–Kier alpha value is -0.570. The number of nitrogens with two attached hydrogens (primary N) is 1. The topological polar surface area (TPSA) is 133 Å². The molecule has 7 heteroatoms. The second-order valence-corrected chi connectivity index (χ2v) is 3.63. The Morgan fingerprint density at radius 2 is 2.00 bits per heavy atom. The summed E-state index contributed by atoms with van der Waals surface area (Å²) in [7, 11) is 0. The first-order valence-electron chi connectivity index (χ1n) is 4.46. The zero-order valence-corrected chi connectivity index (χ0v) is 8.20. The predicted molar refractivity (Wildman–Crippen MR) is 47.6 cm³/mol. The van der Waals surface area contributed by atoms with Gasteiger partial charge in [-0.3, -0.25) is 4.79 Å². The summed E-state index contributed by atoms with van der Waals surface area (Å²) in [6.07, 6.45) is -6.13. The number of aliphatic hydroxyl groups excluding tert-OH is 4. The van der Waals surface area contributed by atoms with E-state index in [0.29, 0.717) is 0 Å². The van der Waals surface area contributed by atoms with Crippen LogP contribution in [0.4, 0.5) is 0 Å². The first-order chi connectivity index (χ1) is 6.85. The summed E-state index contributed by atoms with van der Waals surface area (Å²) in [4.78, 5) is 11.2. The highest BCUT2D eigenvalue weighted by atomic mass is 16.6. The van der Waals surface area contributed by atoms with Gasteiger partial charge in [-0.1, -0.05) is 0 Å².